The van der Waals surface area contributed by atoms with Gasteiger partial charge in [-0.2, -0.15) is 0 Å². The molecule has 0 aliphatic carbocycles. The number of urea groups is 1. The largest absolute Gasteiger partial charge is 0.481 e. The smallest absolute Gasteiger partial charge is 0.315 e. The summed E-state index contributed by atoms with van der Waals surface area (Å²) in [6, 6.07) is -1.07. The highest BCUT2D eigenvalue weighted by Crippen LogP contribution is 2.13. The number of aliphatic carboxylic acids is 1. The molecule has 8 heteroatoms. The van der Waals surface area contributed by atoms with E-state index in [0.717, 1.165) is 6.26 Å². The van der Waals surface area contributed by atoms with Crippen molar-refractivity contribution in [2.24, 2.45) is 5.92 Å². The minimum absolute atomic E-state index is 0.0419. The second-order valence-electron chi connectivity index (χ2n) is 5.81. The van der Waals surface area contributed by atoms with Crippen LogP contribution < -0.4 is 10.6 Å². The van der Waals surface area contributed by atoms with Crippen LogP contribution in [-0.2, 0) is 14.6 Å². The van der Waals surface area contributed by atoms with E-state index in [0.29, 0.717) is 0 Å². The van der Waals surface area contributed by atoms with Gasteiger partial charge in [0.15, 0.2) is 9.84 Å². The third-order valence-corrected chi connectivity index (χ3v) is 5.35. The zero-order valence-corrected chi connectivity index (χ0v) is 13.4. The molecule has 0 saturated carbocycles. The van der Waals surface area contributed by atoms with Crippen molar-refractivity contribution in [2.45, 2.75) is 44.9 Å². The van der Waals surface area contributed by atoms with E-state index < -0.39 is 32.6 Å². The molecule has 0 fully saturated rings. The molecule has 20 heavy (non-hydrogen) atoms. The van der Waals surface area contributed by atoms with Gasteiger partial charge in [-0.1, -0.05) is 13.8 Å². The average molecular weight is 308 g/mol. The van der Waals surface area contributed by atoms with E-state index in [1.165, 1.54) is 13.8 Å². The summed E-state index contributed by atoms with van der Waals surface area (Å²) < 4.78 is 21.9. The van der Waals surface area contributed by atoms with Crippen molar-refractivity contribution < 1.29 is 23.1 Å². The molecule has 0 heterocycles. The first-order chi connectivity index (χ1) is 8.86. The van der Waals surface area contributed by atoms with Gasteiger partial charge in [0, 0.05) is 18.8 Å². The van der Waals surface area contributed by atoms with Gasteiger partial charge in [-0.05, 0) is 19.8 Å². The SMILES string of the molecule is CC(C)C(CC(=O)O)NC(=O)NCC(C)(C)S(C)(=O)=O. The van der Waals surface area contributed by atoms with Crippen LogP contribution in [0.25, 0.3) is 0 Å². The monoisotopic (exact) mass is 308 g/mol. The summed E-state index contributed by atoms with van der Waals surface area (Å²) in [5.41, 5.74) is 0. The van der Waals surface area contributed by atoms with E-state index in [1.807, 2.05) is 0 Å². The fraction of sp³-hybridized carbons (Fsp3) is 0.833. The molecule has 2 amide bonds. The van der Waals surface area contributed by atoms with Crippen LogP contribution in [0.4, 0.5) is 4.79 Å². The van der Waals surface area contributed by atoms with Crippen molar-refractivity contribution in [3.8, 4) is 0 Å². The van der Waals surface area contributed by atoms with Crippen molar-refractivity contribution in [1.29, 1.82) is 0 Å². The van der Waals surface area contributed by atoms with Crippen LogP contribution in [0.1, 0.15) is 34.1 Å². The van der Waals surface area contributed by atoms with E-state index in [2.05, 4.69) is 10.6 Å². The van der Waals surface area contributed by atoms with Crippen LogP contribution in [0.3, 0.4) is 0 Å². The van der Waals surface area contributed by atoms with Gasteiger partial charge >= 0.3 is 12.0 Å². The summed E-state index contributed by atoms with van der Waals surface area (Å²) in [4.78, 5) is 22.4. The van der Waals surface area contributed by atoms with Gasteiger partial charge in [-0.15, -0.1) is 0 Å². The molecular formula is C12H24N2O5S. The lowest BCUT2D eigenvalue weighted by Crippen LogP contribution is -2.50. The summed E-state index contributed by atoms with van der Waals surface area (Å²) in [5, 5.41) is 13.8. The Labute approximate surface area is 120 Å². The predicted molar refractivity (Wildman–Crippen MR) is 76.3 cm³/mol. The maximum absolute atomic E-state index is 11.7. The molecule has 0 aromatic carbocycles. The number of carbonyl (C=O) groups excluding carboxylic acids is 1. The highest BCUT2D eigenvalue weighted by Gasteiger charge is 2.31. The zero-order chi connectivity index (χ0) is 16.1. The van der Waals surface area contributed by atoms with Gasteiger partial charge in [0.1, 0.15) is 0 Å². The Hall–Kier alpha value is -1.31. The number of carboxylic acid groups (broad SMARTS) is 1. The molecule has 0 rings (SSSR count). The number of hydrogen-bond acceptors (Lipinski definition) is 4. The van der Waals surface area contributed by atoms with Crippen LogP contribution in [-0.4, -0.2) is 49.1 Å². The standard InChI is InChI=1S/C12H24N2O5S/c1-8(2)9(6-10(15)16)14-11(17)13-7-12(3,4)20(5,18)19/h8-9H,6-7H2,1-5H3,(H,15,16)(H2,13,14,17). The minimum Gasteiger partial charge on any atom is -0.481 e. The van der Waals surface area contributed by atoms with E-state index in [9.17, 15) is 18.0 Å². The highest BCUT2D eigenvalue weighted by molar-refractivity contribution is 7.92. The van der Waals surface area contributed by atoms with Gasteiger partial charge in [-0.3, -0.25) is 4.79 Å². The Morgan fingerprint density at radius 1 is 1.25 bits per heavy atom. The van der Waals surface area contributed by atoms with Crippen molar-refractivity contribution in [2.75, 3.05) is 12.8 Å². The van der Waals surface area contributed by atoms with Crippen LogP contribution in [0.5, 0.6) is 0 Å². The molecule has 1 atom stereocenters. The first-order valence-electron chi connectivity index (χ1n) is 6.32. The zero-order valence-electron chi connectivity index (χ0n) is 12.6. The molecule has 0 aliphatic rings. The van der Waals surface area contributed by atoms with Crippen LogP contribution >= 0.6 is 0 Å². The van der Waals surface area contributed by atoms with Crippen LogP contribution in [0.2, 0.25) is 0 Å². The number of hydrogen-bond donors (Lipinski definition) is 3. The molecule has 0 aromatic rings. The van der Waals surface area contributed by atoms with E-state index in [-0.39, 0.29) is 18.9 Å². The lowest BCUT2D eigenvalue weighted by atomic mass is 10.0. The topological polar surface area (TPSA) is 113 Å². The van der Waals surface area contributed by atoms with Crippen LogP contribution in [0.15, 0.2) is 0 Å². The van der Waals surface area contributed by atoms with Crippen molar-refractivity contribution in [3.05, 3.63) is 0 Å². The highest BCUT2D eigenvalue weighted by atomic mass is 32.2. The third kappa shape index (κ3) is 6.23. The molecule has 7 nitrogen and oxygen atoms in total. The molecular weight excluding hydrogens is 284 g/mol. The first-order valence-corrected chi connectivity index (χ1v) is 8.21. The van der Waals surface area contributed by atoms with Gasteiger partial charge < -0.3 is 15.7 Å². The number of carbonyl (C=O) groups is 2. The fourth-order valence-electron chi connectivity index (χ4n) is 1.29. The van der Waals surface area contributed by atoms with Crippen molar-refractivity contribution in [1.82, 2.24) is 10.6 Å². The maximum Gasteiger partial charge on any atom is 0.315 e. The molecule has 118 valence electrons. The predicted octanol–water partition coefficient (Wildman–Crippen LogP) is 0.608. The number of sulfone groups is 1. The summed E-state index contributed by atoms with van der Waals surface area (Å²) in [5.74, 6) is -1.04. The molecule has 0 radical (unpaired) electrons. The fourth-order valence-corrected chi connectivity index (χ4v) is 1.62. The summed E-state index contributed by atoms with van der Waals surface area (Å²) >= 11 is 0. The molecule has 0 bridgehead atoms. The van der Waals surface area contributed by atoms with E-state index in [1.54, 1.807) is 13.8 Å². The van der Waals surface area contributed by atoms with E-state index >= 15 is 0 Å². The Morgan fingerprint density at radius 2 is 1.75 bits per heavy atom. The second-order valence-corrected chi connectivity index (χ2v) is 8.46. The number of carboxylic acids is 1. The number of rotatable bonds is 7. The van der Waals surface area contributed by atoms with Gasteiger partial charge in [0.25, 0.3) is 0 Å². The first kappa shape index (κ1) is 18.7. The third-order valence-electron chi connectivity index (χ3n) is 3.19. The Morgan fingerprint density at radius 3 is 2.10 bits per heavy atom. The summed E-state index contributed by atoms with van der Waals surface area (Å²) in [6.45, 7) is 6.58. The lowest BCUT2D eigenvalue weighted by Gasteiger charge is -2.25. The maximum atomic E-state index is 11.7. The lowest BCUT2D eigenvalue weighted by molar-refractivity contribution is -0.137. The minimum atomic E-state index is -3.30. The number of amides is 2. The number of nitrogens with one attached hydrogen (secondary N) is 2. The second kappa shape index (κ2) is 6.92. The molecule has 0 spiro atoms. The molecule has 3 N–H and O–H groups in total. The average Bonchev–Trinajstić information content (AvgIpc) is 2.23. The van der Waals surface area contributed by atoms with Crippen molar-refractivity contribution >= 4 is 21.8 Å². The van der Waals surface area contributed by atoms with Gasteiger partial charge in [-0.25, -0.2) is 13.2 Å². The van der Waals surface area contributed by atoms with Crippen molar-refractivity contribution in [3.63, 3.8) is 0 Å². The normalized spacial score (nSPS) is 13.9. The quantitative estimate of drug-likeness (QED) is 0.638. The summed E-state index contributed by atoms with van der Waals surface area (Å²) in [6.07, 6.45) is 0.925. The van der Waals surface area contributed by atoms with E-state index in [4.69, 9.17) is 5.11 Å². The van der Waals surface area contributed by atoms with Crippen LogP contribution in [0, 0.1) is 5.92 Å². The molecule has 1 unspecified atom stereocenters. The Bertz CT molecular complexity index is 456. The van der Waals surface area contributed by atoms with Gasteiger partial charge in [0.05, 0.1) is 11.2 Å². The molecule has 0 saturated heterocycles. The molecule has 0 aliphatic heterocycles. The summed E-state index contributed by atoms with van der Waals surface area (Å²) in [7, 11) is -3.30. The molecule has 0 aromatic heterocycles. The van der Waals surface area contributed by atoms with Gasteiger partial charge in [0.2, 0.25) is 0 Å². The Balaban J connectivity index is 4.52. The Kier molecular flexibility index (Phi) is 6.46.